The van der Waals surface area contributed by atoms with Crippen molar-refractivity contribution < 1.29 is 0 Å². The van der Waals surface area contributed by atoms with Gasteiger partial charge in [-0.25, -0.2) is 5.10 Å². The second-order valence-corrected chi connectivity index (χ2v) is 6.11. The maximum absolute atomic E-state index is 6.15. The summed E-state index contributed by atoms with van der Waals surface area (Å²) in [6.07, 6.45) is 1.58. The van der Waals surface area contributed by atoms with E-state index in [1.807, 2.05) is 31.2 Å². The third-order valence-corrected chi connectivity index (χ3v) is 4.15. The van der Waals surface area contributed by atoms with E-state index in [0.717, 1.165) is 11.1 Å². The molecule has 0 aliphatic rings. The Morgan fingerprint density at radius 3 is 2.57 bits per heavy atom. The van der Waals surface area contributed by atoms with Crippen LogP contribution in [0, 0.1) is 11.7 Å². The van der Waals surface area contributed by atoms with E-state index < -0.39 is 0 Å². The molecule has 4 nitrogen and oxygen atoms in total. The molecule has 0 fully saturated rings. The monoisotopic (exact) mass is 362 g/mol. The van der Waals surface area contributed by atoms with Crippen LogP contribution in [0.2, 0.25) is 10.0 Å². The highest BCUT2D eigenvalue weighted by molar-refractivity contribution is 7.71. The van der Waals surface area contributed by atoms with Crippen LogP contribution in [0.1, 0.15) is 11.1 Å². The minimum absolute atomic E-state index is 0.390. The van der Waals surface area contributed by atoms with Gasteiger partial charge in [-0.2, -0.15) is 14.9 Å². The Bertz CT molecular complexity index is 923. The molecule has 0 radical (unpaired) electrons. The van der Waals surface area contributed by atoms with E-state index in [9.17, 15) is 0 Å². The molecule has 3 aromatic rings. The molecule has 3 rings (SSSR count). The van der Waals surface area contributed by atoms with Gasteiger partial charge in [-0.15, -0.1) is 0 Å². The predicted octanol–water partition coefficient (Wildman–Crippen LogP) is 5.11. The van der Waals surface area contributed by atoms with Crippen molar-refractivity contribution in [3.8, 4) is 11.4 Å². The molecule has 0 amide bonds. The Kier molecular flexibility index (Phi) is 4.61. The summed E-state index contributed by atoms with van der Waals surface area (Å²) in [5.74, 6) is 0.623. The summed E-state index contributed by atoms with van der Waals surface area (Å²) in [7, 11) is 0. The van der Waals surface area contributed by atoms with E-state index in [2.05, 4.69) is 15.3 Å². The van der Waals surface area contributed by atoms with Gasteiger partial charge in [0.2, 0.25) is 4.77 Å². The SMILES string of the molecule is Cc1cccc(-c2n[nH]c(=S)n2N=Cc2c(Cl)cccc2Cl)c1. The molecule has 2 aromatic carbocycles. The molecule has 1 heterocycles. The fraction of sp³-hybridized carbons (Fsp3) is 0.0625. The lowest BCUT2D eigenvalue weighted by Crippen LogP contribution is -1.96. The fourth-order valence-electron chi connectivity index (χ4n) is 2.12. The first-order valence-corrected chi connectivity index (χ1v) is 7.95. The van der Waals surface area contributed by atoms with E-state index in [4.69, 9.17) is 35.4 Å². The third kappa shape index (κ3) is 3.37. The van der Waals surface area contributed by atoms with Gasteiger partial charge >= 0.3 is 0 Å². The molecule has 23 heavy (non-hydrogen) atoms. The fourth-order valence-corrected chi connectivity index (χ4v) is 2.79. The van der Waals surface area contributed by atoms with Crippen LogP contribution >= 0.6 is 35.4 Å². The van der Waals surface area contributed by atoms with Gasteiger partial charge in [0.15, 0.2) is 5.82 Å². The van der Waals surface area contributed by atoms with Crippen molar-refractivity contribution in [2.24, 2.45) is 5.10 Å². The quantitative estimate of drug-likeness (QED) is 0.520. The summed E-state index contributed by atoms with van der Waals surface area (Å²) in [5, 5.41) is 12.4. The molecule has 0 aliphatic heterocycles. The van der Waals surface area contributed by atoms with Gasteiger partial charge in [0.25, 0.3) is 0 Å². The molecular weight excluding hydrogens is 351 g/mol. The third-order valence-electron chi connectivity index (χ3n) is 3.23. The molecule has 7 heteroatoms. The summed E-state index contributed by atoms with van der Waals surface area (Å²) in [6.45, 7) is 2.02. The lowest BCUT2D eigenvalue weighted by Gasteiger charge is -2.03. The van der Waals surface area contributed by atoms with Gasteiger partial charge in [0, 0.05) is 11.1 Å². The number of aryl methyl sites for hydroxylation is 1. The number of hydrogen-bond donors (Lipinski definition) is 1. The zero-order valence-electron chi connectivity index (χ0n) is 12.1. The van der Waals surface area contributed by atoms with Crippen molar-refractivity contribution in [3.63, 3.8) is 0 Å². The Labute approximate surface area is 148 Å². The van der Waals surface area contributed by atoms with Crippen LogP contribution < -0.4 is 0 Å². The highest BCUT2D eigenvalue weighted by Crippen LogP contribution is 2.23. The van der Waals surface area contributed by atoms with E-state index in [1.165, 1.54) is 0 Å². The molecule has 0 atom stereocenters. The maximum Gasteiger partial charge on any atom is 0.216 e. The first kappa shape index (κ1) is 15.9. The van der Waals surface area contributed by atoms with Gasteiger partial charge in [-0.1, -0.05) is 53.0 Å². The summed E-state index contributed by atoms with van der Waals surface area (Å²) in [4.78, 5) is 0. The summed E-state index contributed by atoms with van der Waals surface area (Å²) in [6, 6.07) is 13.2. The summed E-state index contributed by atoms with van der Waals surface area (Å²) in [5.41, 5.74) is 2.68. The van der Waals surface area contributed by atoms with Crippen LogP contribution in [0.25, 0.3) is 11.4 Å². The molecule has 0 bridgehead atoms. The first-order chi connectivity index (χ1) is 11.1. The predicted molar refractivity (Wildman–Crippen MR) is 97.0 cm³/mol. The van der Waals surface area contributed by atoms with Crippen molar-refractivity contribution in [1.29, 1.82) is 0 Å². The number of aromatic nitrogens is 3. The minimum Gasteiger partial charge on any atom is -0.250 e. The second kappa shape index (κ2) is 6.66. The van der Waals surface area contributed by atoms with E-state index in [1.54, 1.807) is 29.1 Å². The molecule has 0 spiro atoms. The standard InChI is InChI=1S/C16H12Cl2N4S/c1-10-4-2-5-11(8-10)15-20-21-16(23)22(15)19-9-12-13(17)6-3-7-14(12)18/h2-9H,1H3,(H,21,23). The Morgan fingerprint density at radius 2 is 1.87 bits per heavy atom. The molecule has 1 aromatic heterocycles. The van der Waals surface area contributed by atoms with Gasteiger partial charge in [-0.05, 0) is 37.3 Å². The number of rotatable bonds is 3. The number of nitrogens with zero attached hydrogens (tertiary/aromatic N) is 3. The zero-order valence-corrected chi connectivity index (χ0v) is 14.5. The van der Waals surface area contributed by atoms with Gasteiger partial charge < -0.3 is 0 Å². The number of H-pyrrole nitrogens is 1. The first-order valence-electron chi connectivity index (χ1n) is 6.79. The molecule has 116 valence electrons. The van der Waals surface area contributed by atoms with Crippen LogP contribution in [-0.4, -0.2) is 21.1 Å². The second-order valence-electron chi connectivity index (χ2n) is 4.91. The number of halogens is 2. The molecule has 0 saturated heterocycles. The van der Waals surface area contributed by atoms with Crippen molar-refractivity contribution in [2.75, 3.05) is 0 Å². The van der Waals surface area contributed by atoms with E-state index in [0.29, 0.717) is 26.2 Å². The number of benzene rings is 2. The van der Waals surface area contributed by atoms with Crippen LogP contribution in [-0.2, 0) is 0 Å². The average molecular weight is 363 g/mol. The Morgan fingerprint density at radius 1 is 1.17 bits per heavy atom. The topological polar surface area (TPSA) is 46.0 Å². The van der Waals surface area contributed by atoms with E-state index >= 15 is 0 Å². The highest BCUT2D eigenvalue weighted by atomic mass is 35.5. The maximum atomic E-state index is 6.15. The minimum atomic E-state index is 0.390. The summed E-state index contributed by atoms with van der Waals surface area (Å²) < 4.78 is 1.94. The van der Waals surface area contributed by atoms with Crippen molar-refractivity contribution >= 4 is 41.6 Å². The van der Waals surface area contributed by atoms with Gasteiger partial charge in [0.05, 0.1) is 16.3 Å². The molecule has 0 saturated carbocycles. The van der Waals surface area contributed by atoms with Crippen molar-refractivity contribution in [1.82, 2.24) is 14.9 Å². The van der Waals surface area contributed by atoms with Crippen LogP contribution in [0.4, 0.5) is 0 Å². The van der Waals surface area contributed by atoms with E-state index in [-0.39, 0.29) is 0 Å². The van der Waals surface area contributed by atoms with Crippen LogP contribution in [0.5, 0.6) is 0 Å². The smallest absolute Gasteiger partial charge is 0.216 e. The number of hydrogen-bond acceptors (Lipinski definition) is 3. The van der Waals surface area contributed by atoms with Gasteiger partial charge in [0.1, 0.15) is 0 Å². The van der Waals surface area contributed by atoms with Crippen molar-refractivity contribution in [3.05, 3.63) is 68.4 Å². The zero-order chi connectivity index (χ0) is 16.4. The van der Waals surface area contributed by atoms with Crippen LogP contribution in [0.15, 0.2) is 47.6 Å². The van der Waals surface area contributed by atoms with Gasteiger partial charge in [-0.3, -0.25) is 0 Å². The molecule has 0 aliphatic carbocycles. The van der Waals surface area contributed by atoms with Crippen molar-refractivity contribution in [2.45, 2.75) is 6.92 Å². The lowest BCUT2D eigenvalue weighted by atomic mass is 10.1. The summed E-state index contributed by atoms with van der Waals surface area (Å²) >= 11 is 17.6. The Balaban J connectivity index is 2.06. The Hall–Kier alpha value is -1.95. The largest absolute Gasteiger partial charge is 0.250 e. The number of nitrogens with one attached hydrogen (secondary N) is 1. The molecule has 0 unspecified atom stereocenters. The lowest BCUT2D eigenvalue weighted by molar-refractivity contribution is 0.871. The highest BCUT2D eigenvalue weighted by Gasteiger charge is 2.09. The van der Waals surface area contributed by atoms with Crippen LogP contribution in [0.3, 0.4) is 0 Å². The number of aromatic amines is 1. The average Bonchev–Trinajstić information content (AvgIpc) is 2.88. The molecular formula is C16H12Cl2N4S. The molecule has 1 N–H and O–H groups in total. The normalized spacial score (nSPS) is 11.3.